The summed E-state index contributed by atoms with van der Waals surface area (Å²) in [5, 5.41) is 0. The first kappa shape index (κ1) is 16.9. The molecule has 0 saturated heterocycles. The number of halogens is 2. The second-order valence-electron chi connectivity index (χ2n) is 7.06. The molecule has 1 aliphatic carbocycles. The van der Waals surface area contributed by atoms with Gasteiger partial charge in [0.15, 0.2) is 11.6 Å². The highest BCUT2D eigenvalue weighted by molar-refractivity contribution is 5.66. The molecule has 2 aromatic rings. The summed E-state index contributed by atoms with van der Waals surface area (Å²) in [6.07, 6.45) is 9.61. The Morgan fingerprint density at radius 2 is 1.54 bits per heavy atom. The molecule has 0 atom stereocenters. The van der Waals surface area contributed by atoms with Gasteiger partial charge in [-0.15, -0.1) is 0 Å². The topological polar surface area (TPSA) is 0 Å². The standard InChI is InChI=1S/C22H24F2/c1-15-3-6-17(7-4-15)8-9-18-10-12-19(13-11-18)20-14-5-16(2)21(23)22(20)24/h5,8-15,17H,3-4,6-7H2,1-2H3. The van der Waals surface area contributed by atoms with E-state index >= 15 is 0 Å². The van der Waals surface area contributed by atoms with E-state index in [0.717, 1.165) is 11.5 Å². The second kappa shape index (κ2) is 7.29. The molecule has 24 heavy (non-hydrogen) atoms. The van der Waals surface area contributed by atoms with Crippen molar-refractivity contribution in [2.24, 2.45) is 11.8 Å². The SMILES string of the molecule is Cc1ccc(-c2ccc(C=CC3CCC(C)CC3)cc2)c(F)c1F. The van der Waals surface area contributed by atoms with Gasteiger partial charge < -0.3 is 0 Å². The second-order valence-corrected chi connectivity index (χ2v) is 7.06. The zero-order valence-corrected chi connectivity index (χ0v) is 14.4. The smallest absolute Gasteiger partial charge is 0.166 e. The van der Waals surface area contributed by atoms with Crippen molar-refractivity contribution in [2.45, 2.75) is 39.5 Å². The van der Waals surface area contributed by atoms with Crippen LogP contribution in [-0.2, 0) is 0 Å². The van der Waals surface area contributed by atoms with Crippen LogP contribution in [0.4, 0.5) is 8.78 Å². The number of hydrogen-bond acceptors (Lipinski definition) is 0. The van der Waals surface area contributed by atoms with Gasteiger partial charge in [-0.05, 0) is 48.3 Å². The van der Waals surface area contributed by atoms with Crippen LogP contribution in [0.5, 0.6) is 0 Å². The van der Waals surface area contributed by atoms with E-state index in [4.69, 9.17) is 0 Å². The highest BCUT2D eigenvalue weighted by Crippen LogP contribution is 2.30. The third kappa shape index (κ3) is 3.75. The van der Waals surface area contributed by atoms with Gasteiger partial charge in [0.25, 0.3) is 0 Å². The summed E-state index contributed by atoms with van der Waals surface area (Å²) in [7, 11) is 0. The van der Waals surface area contributed by atoms with Gasteiger partial charge in [0.05, 0.1) is 0 Å². The van der Waals surface area contributed by atoms with Crippen LogP contribution in [0, 0.1) is 30.4 Å². The van der Waals surface area contributed by atoms with Crippen molar-refractivity contribution in [3.05, 3.63) is 65.2 Å². The third-order valence-electron chi connectivity index (χ3n) is 5.12. The van der Waals surface area contributed by atoms with Crippen LogP contribution in [0.15, 0.2) is 42.5 Å². The molecule has 0 heterocycles. The van der Waals surface area contributed by atoms with E-state index in [1.807, 2.05) is 24.3 Å². The fraction of sp³-hybridized carbons (Fsp3) is 0.364. The Bertz CT molecular complexity index is 720. The Labute approximate surface area is 143 Å². The van der Waals surface area contributed by atoms with Crippen LogP contribution in [0.3, 0.4) is 0 Å². The quantitative estimate of drug-likeness (QED) is 0.583. The molecule has 0 aliphatic heterocycles. The molecule has 0 radical (unpaired) electrons. The Balaban J connectivity index is 1.73. The van der Waals surface area contributed by atoms with Crippen LogP contribution in [-0.4, -0.2) is 0 Å². The predicted octanol–water partition coefficient (Wildman–Crippen LogP) is 6.78. The molecule has 0 N–H and O–H groups in total. The van der Waals surface area contributed by atoms with Crippen molar-refractivity contribution < 1.29 is 8.78 Å². The Hall–Kier alpha value is -1.96. The minimum atomic E-state index is -0.769. The Morgan fingerprint density at radius 3 is 2.21 bits per heavy atom. The minimum Gasteiger partial charge on any atom is -0.203 e. The highest BCUT2D eigenvalue weighted by Gasteiger charge is 2.15. The first-order chi connectivity index (χ1) is 11.5. The van der Waals surface area contributed by atoms with Crippen LogP contribution < -0.4 is 0 Å². The average Bonchev–Trinajstić information content (AvgIpc) is 2.60. The zero-order valence-electron chi connectivity index (χ0n) is 14.4. The fourth-order valence-corrected chi connectivity index (χ4v) is 3.37. The highest BCUT2D eigenvalue weighted by atomic mass is 19.2. The molecule has 0 nitrogen and oxygen atoms in total. The van der Waals surface area contributed by atoms with Crippen molar-refractivity contribution >= 4 is 6.08 Å². The van der Waals surface area contributed by atoms with Gasteiger partial charge in [-0.1, -0.05) is 68.3 Å². The lowest BCUT2D eigenvalue weighted by atomic mass is 9.83. The van der Waals surface area contributed by atoms with E-state index in [2.05, 4.69) is 19.1 Å². The van der Waals surface area contributed by atoms with Gasteiger partial charge in [-0.3, -0.25) is 0 Å². The van der Waals surface area contributed by atoms with E-state index in [1.54, 1.807) is 19.1 Å². The molecule has 1 aliphatic rings. The Kier molecular flexibility index (Phi) is 5.13. The van der Waals surface area contributed by atoms with Gasteiger partial charge in [0, 0.05) is 5.56 Å². The first-order valence-corrected chi connectivity index (χ1v) is 8.78. The molecule has 3 rings (SSSR count). The monoisotopic (exact) mass is 326 g/mol. The van der Waals surface area contributed by atoms with E-state index in [1.165, 1.54) is 25.7 Å². The minimum absolute atomic E-state index is 0.315. The summed E-state index contributed by atoms with van der Waals surface area (Å²) in [6, 6.07) is 10.9. The lowest BCUT2D eigenvalue weighted by molar-refractivity contribution is 0.331. The van der Waals surface area contributed by atoms with Crippen molar-refractivity contribution in [2.75, 3.05) is 0 Å². The van der Waals surface area contributed by atoms with Crippen LogP contribution >= 0.6 is 0 Å². The maximum absolute atomic E-state index is 14.1. The van der Waals surface area contributed by atoms with Gasteiger partial charge in [0.2, 0.25) is 0 Å². The number of aryl methyl sites for hydroxylation is 1. The molecule has 1 fully saturated rings. The van der Waals surface area contributed by atoms with E-state index < -0.39 is 11.6 Å². The third-order valence-corrected chi connectivity index (χ3v) is 5.12. The lowest BCUT2D eigenvalue weighted by Gasteiger charge is -2.23. The zero-order chi connectivity index (χ0) is 17.1. The first-order valence-electron chi connectivity index (χ1n) is 8.78. The molecular formula is C22H24F2. The largest absolute Gasteiger partial charge is 0.203 e. The summed E-state index contributed by atoms with van der Waals surface area (Å²) in [5.41, 5.74) is 2.45. The maximum Gasteiger partial charge on any atom is 0.166 e. The summed E-state index contributed by atoms with van der Waals surface area (Å²) in [5.74, 6) is 0.000802. The van der Waals surface area contributed by atoms with Gasteiger partial charge in [0.1, 0.15) is 0 Å². The number of hydrogen-bond donors (Lipinski definition) is 0. The summed E-state index contributed by atoms with van der Waals surface area (Å²) in [4.78, 5) is 0. The molecule has 1 saturated carbocycles. The summed E-state index contributed by atoms with van der Waals surface area (Å²) < 4.78 is 27.8. The molecule has 0 spiro atoms. The predicted molar refractivity (Wildman–Crippen MR) is 96.7 cm³/mol. The molecule has 0 bridgehead atoms. The van der Waals surface area contributed by atoms with Crippen LogP contribution in [0.1, 0.15) is 43.7 Å². The van der Waals surface area contributed by atoms with Gasteiger partial charge in [-0.25, -0.2) is 8.78 Å². The van der Waals surface area contributed by atoms with Crippen molar-refractivity contribution in [3.63, 3.8) is 0 Å². The van der Waals surface area contributed by atoms with Gasteiger partial charge in [-0.2, -0.15) is 0 Å². The molecule has 2 heteroatoms. The van der Waals surface area contributed by atoms with E-state index in [-0.39, 0.29) is 0 Å². The normalized spacial score (nSPS) is 21.3. The van der Waals surface area contributed by atoms with E-state index in [0.29, 0.717) is 22.6 Å². The number of benzene rings is 2. The lowest BCUT2D eigenvalue weighted by Crippen LogP contribution is -2.09. The molecule has 0 aromatic heterocycles. The molecule has 2 aromatic carbocycles. The average molecular weight is 326 g/mol. The fourth-order valence-electron chi connectivity index (χ4n) is 3.37. The maximum atomic E-state index is 14.1. The van der Waals surface area contributed by atoms with Crippen molar-refractivity contribution in [3.8, 4) is 11.1 Å². The molecule has 0 unspecified atom stereocenters. The van der Waals surface area contributed by atoms with Crippen molar-refractivity contribution in [1.82, 2.24) is 0 Å². The number of rotatable bonds is 3. The van der Waals surface area contributed by atoms with Crippen LogP contribution in [0.25, 0.3) is 17.2 Å². The Morgan fingerprint density at radius 1 is 0.875 bits per heavy atom. The van der Waals surface area contributed by atoms with Gasteiger partial charge >= 0.3 is 0 Å². The summed E-state index contributed by atoms with van der Waals surface area (Å²) in [6.45, 7) is 3.90. The molecule has 126 valence electrons. The molecular weight excluding hydrogens is 302 g/mol. The van der Waals surface area contributed by atoms with E-state index in [9.17, 15) is 8.78 Å². The van der Waals surface area contributed by atoms with Crippen LogP contribution in [0.2, 0.25) is 0 Å². The van der Waals surface area contributed by atoms with Crippen molar-refractivity contribution in [1.29, 1.82) is 0 Å². The number of allylic oxidation sites excluding steroid dienone is 1. The molecule has 0 amide bonds. The summed E-state index contributed by atoms with van der Waals surface area (Å²) >= 11 is 0.